The molecule has 1 aromatic heterocycles. The minimum Gasteiger partial charge on any atom is -0.478 e. The number of anilines is 2. The summed E-state index contributed by atoms with van der Waals surface area (Å²) in [5, 5.41) is 12.8. The van der Waals surface area contributed by atoms with E-state index in [4.69, 9.17) is 26.3 Å². The Morgan fingerprint density at radius 3 is 2.35 bits per heavy atom. The van der Waals surface area contributed by atoms with Gasteiger partial charge in [-0.2, -0.15) is 13.2 Å². The van der Waals surface area contributed by atoms with Crippen LogP contribution in [0, 0.1) is 0 Å². The molecule has 3 aromatic rings. The third-order valence-electron chi connectivity index (χ3n) is 4.76. The Labute approximate surface area is 214 Å². The number of unbranched alkanes of at least 4 members (excludes halogenated alkanes) is 1. The number of rotatable bonds is 10. The second-order valence-electron chi connectivity index (χ2n) is 7.57. The fraction of sp³-hybridized carbons (Fsp3) is 0.208. The van der Waals surface area contributed by atoms with Crippen molar-refractivity contribution in [3.05, 3.63) is 71.4 Å². The molecular formula is C24H22ClF3N4O5. The summed E-state index contributed by atoms with van der Waals surface area (Å²) in [6.07, 6.45) is -1.84. The first-order valence-corrected chi connectivity index (χ1v) is 11.3. The van der Waals surface area contributed by atoms with Gasteiger partial charge in [0.25, 0.3) is 0 Å². The van der Waals surface area contributed by atoms with Crippen LogP contribution < -0.4 is 25.6 Å². The molecule has 0 saturated heterocycles. The number of halogens is 4. The lowest BCUT2D eigenvalue weighted by Gasteiger charge is -2.13. The summed E-state index contributed by atoms with van der Waals surface area (Å²) in [4.78, 5) is 27.3. The minimum absolute atomic E-state index is 0.0689. The molecule has 4 N–H and O–H groups in total. The number of amides is 3. The van der Waals surface area contributed by atoms with Gasteiger partial charge in [0.15, 0.2) is 0 Å². The van der Waals surface area contributed by atoms with Crippen molar-refractivity contribution < 1.29 is 37.4 Å². The third kappa shape index (κ3) is 8.85. The lowest BCUT2D eigenvalue weighted by Crippen LogP contribution is -2.19. The van der Waals surface area contributed by atoms with Crippen LogP contribution in [0.2, 0.25) is 5.02 Å². The van der Waals surface area contributed by atoms with Crippen molar-refractivity contribution in [1.29, 1.82) is 0 Å². The topological polar surface area (TPSA) is 122 Å². The van der Waals surface area contributed by atoms with Gasteiger partial charge >= 0.3 is 12.2 Å². The molecule has 0 unspecified atom stereocenters. The van der Waals surface area contributed by atoms with Gasteiger partial charge in [0, 0.05) is 30.1 Å². The van der Waals surface area contributed by atoms with Crippen molar-refractivity contribution in [2.45, 2.75) is 25.4 Å². The van der Waals surface area contributed by atoms with E-state index in [1.54, 1.807) is 41.9 Å². The largest absolute Gasteiger partial charge is 0.478 e. The first kappa shape index (κ1) is 27.6. The molecule has 196 valence electrons. The van der Waals surface area contributed by atoms with Crippen LogP contribution in [-0.4, -0.2) is 28.7 Å². The van der Waals surface area contributed by atoms with Gasteiger partial charge in [-0.1, -0.05) is 11.6 Å². The predicted octanol–water partition coefficient (Wildman–Crippen LogP) is 6.24. The molecule has 13 heteroatoms. The average molecular weight is 539 g/mol. The van der Waals surface area contributed by atoms with Crippen molar-refractivity contribution in [1.82, 2.24) is 10.5 Å². The summed E-state index contributed by atoms with van der Waals surface area (Å²) in [6, 6.07) is 11.8. The van der Waals surface area contributed by atoms with E-state index in [0.29, 0.717) is 42.5 Å². The van der Waals surface area contributed by atoms with Gasteiger partial charge in [0.1, 0.15) is 11.5 Å². The van der Waals surface area contributed by atoms with Crippen LogP contribution in [0.5, 0.6) is 17.4 Å². The number of aromatic nitrogens is 1. The highest BCUT2D eigenvalue weighted by molar-refractivity contribution is 6.31. The molecule has 2 aromatic carbocycles. The van der Waals surface area contributed by atoms with Crippen LogP contribution >= 0.6 is 11.6 Å². The standard InChI is InChI=1S/C24H22ClF3N4O5/c25-20-9-6-16(13-19(20)24(26,27)28)31-23(34)30-15-4-7-17(8-5-15)37-18-10-11-29-22(14-18)36-12-2-1-3-21(33)32-35/h4-11,13-14,35H,1-3,12H2,(H,32,33)(H2,30,31,34). The predicted molar refractivity (Wildman–Crippen MR) is 129 cm³/mol. The molecule has 37 heavy (non-hydrogen) atoms. The quantitative estimate of drug-likeness (QED) is 0.138. The van der Waals surface area contributed by atoms with E-state index in [0.717, 1.165) is 12.1 Å². The SMILES string of the molecule is O=C(CCCCOc1cc(Oc2ccc(NC(=O)Nc3ccc(Cl)c(C(F)(F)F)c3)cc2)ccn1)NO. The van der Waals surface area contributed by atoms with Gasteiger partial charge in [0.2, 0.25) is 11.8 Å². The van der Waals surface area contributed by atoms with Crippen LogP contribution in [0.4, 0.5) is 29.3 Å². The highest BCUT2D eigenvalue weighted by Gasteiger charge is 2.33. The molecule has 0 fully saturated rings. The van der Waals surface area contributed by atoms with Crippen molar-refractivity contribution in [3.8, 4) is 17.4 Å². The van der Waals surface area contributed by atoms with Crippen LogP contribution in [0.3, 0.4) is 0 Å². The van der Waals surface area contributed by atoms with Gasteiger partial charge < -0.3 is 20.1 Å². The van der Waals surface area contributed by atoms with E-state index in [-0.39, 0.29) is 12.1 Å². The number of carbonyl (C=O) groups is 2. The molecule has 0 bridgehead atoms. The number of alkyl halides is 3. The van der Waals surface area contributed by atoms with Gasteiger partial charge in [-0.05, 0) is 61.4 Å². The molecule has 0 saturated carbocycles. The molecule has 0 aliphatic heterocycles. The van der Waals surface area contributed by atoms with E-state index >= 15 is 0 Å². The molecule has 0 radical (unpaired) electrons. The smallest absolute Gasteiger partial charge is 0.417 e. The Hall–Kier alpha value is -4.03. The van der Waals surface area contributed by atoms with Crippen LogP contribution in [-0.2, 0) is 11.0 Å². The molecule has 0 spiro atoms. The summed E-state index contributed by atoms with van der Waals surface area (Å²) < 4.78 is 50.3. The summed E-state index contributed by atoms with van der Waals surface area (Å²) in [5.41, 5.74) is 0.823. The van der Waals surface area contributed by atoms with Crippen LogP contribution in [0.25, 0.3) is 0 Å². The fourth-order valence-electron chi connectivity index (χ4n) is 3.01. The molecule has 3 amide bonds. The molecule has 9 nitrogen and oxygen atoms in total. The number of pyridine rings is 1. The number of hydrogen-bond donors (Lipinski definition) is 4. The summed E-state index contributed by atoms with van der Waals surface area (Å²) in [7, 11) is 0. The van der Waals surface area contributed by atoms with Gasteiger partial charge in [0.05, 0.1) is 17.2 Å². The minimum atomic E-state index is -4.65. The maximum atomic E-state index is 13.0. The molecule has 1 heterocycles. The third-order valence-corrected chi connectivity index (χ3v) is 5.09. The second-order valence-corrected chi connectivity index (χ2v) is 7.98. The number of nitrogens with one attached hydrogen (secondary N) is 3. The Morgan fingerprint density at radius 2 is 1.65 bits per heavy atom. The maximum absolute atomic E-state index is 13.0. The zero-order valence-electron chi connectivity index (χ0n) is 19.1. The Kier molecular flexibility index (Phi) is 9.52. The number of hydrogen-bond acceptors (Lipinski definition) is 6. The molecule has 0 aliphatic rings. The highest BCUT2D eigenvalue weighted by Crippen LogP contribution is 2.36. The van der Waals surface area contributed by atoms with Gasteiger partial charge in [-0.3, -0.25) is 10.0 Å². The van der Waals surface area contributed by atoms with Crippen LogP contribution in [0.15, 0.2) is 60.8 Å². The van der Waals surface area contributed by atoms with E-state index in [1.807, 2.05) is 0 Å². The summed E-state index contributed by atoms with van der Waals surface area (Å²) >= 11 is 5.59. The number of nitrogens with zero attached hydrogens (tertiary/aromatic N) is 1. The van der Waals surface area contributed by atoms with E-state index in [9.17, 15) is 22.8 Å². The van der Waals surface area contributed by atoms with E-state index in [1.165, 1.54) is 12.3 Å². The van der Waals surface area contributed by atoms with E-state index < -0.39 is 28.7 Å². The monoisotopic (exact) mass is 538 g/mol. The fourth-order valence-corrected chi connectivity index (χ4v) is 3.23. The Bertz CT molecular complexity index is 1230. The number of urea groups is 1. The summed E-state index contributed by atoms with van der Waals surface area (Å²) in [6.45, 7) is 0.325. The lowest BCUT2D eigenvalue weighted by atomic mass is 10.2. The zero-order valence-corrected chi connectivity index (χ0v) is 19.9. The number of ether oxygens (including phenoxy) is 2. The van der Waals surface area contributed by atoms with Crippen molar-refractivity contribution in [3.63, 3.8) is 0 Å². The normalized spacial score (nSPS) is 10.9. The molecule has 3 rings (SSSR count). The lowest BCUT2D eigenvalue weighted by molar-refractivity contribution is -0.137. The van der Waals surface area contributed by atoms with Crippen molar-refractivity contribution >= 4 is 34.9 Å². The number of carbonyl (C=O) groups excluding carboxylic acids is 2. The molecule has 0 atom stereocenters. The van der Waals surface area contributed by atoms with Gasteiger partial charge in [-0.25, -0.2) is 15.3 Å². The highest BCUT2D eigenvalue weighted by atomic mass is 35.5. The molecular weight excluding hydrogens is 517 g/mol. The Balaban J connectivity index is 1.50. The van der Waals surface area contributed by atoms with Crippen molar-refractivity contribution in [2.75, 3.05) is 17.2 Å². The summed E-state index contributed by atoms with van der Waals surface area (Å²) in [5.74, 6) is 0.767. The first-order valence-electron chi connectivity index (χ1n) is 10.9. The average Bonchev–Trinajstić information content (AvgIpc) is 2.85. The molecule has 0 aliphatic carbocycles. The van der Waals surface area contributed by atoms with Gasteiger partial charge in [-0.15, -0.1) is 0 Å². The Morgan fingerprint density at radius 1 is 0.946 bits per heavy atom. The zero-order chi connectivity index (χ0) is 26.8. The maximum Gasteiger partial charge on any atom is 0.417 e. The number of hydroxylamine groups is 1. The number of benzene rings is 2. The first-order chi connectivity index (χ1) is 17.6. The van der Waals surface area contributed by atoms with Crippen molar-refractivity contribution in [2.24, 2.45) is 0 Å². The van der Waals surface area contributed by atoms with Crippen LogP contribution in [0.1, 0.15) is 24.8 Å². The van der Waals surface area contributed by atoms with E-state index in [2.05, 4.69) is 15.6 Å². The second kappa shape index (κ2) is 12.8.